The number of nitrogens with zero attached hydrogens (tertiary/aromatic N) is 3. The van der Waals surface area contributed by atoms with Crippen molar-refractivity contribution in [2.45, 2.75) is 17.9 Å². The van der Waals surface area contributed by atoms with Crippen LogP contribution in [0.2, 0.25) is 0 Å². The maximum atomic E-state index is 13.5. The van der Waals surface area contributed by atoms with Gasteiger partial charge in [-0.25, -0.2) is 8.78 Å². The van der Waals surface area contributed by atoms with E-state index in [2.05, 4.69) is 20.3 Å². The van der Waals surface area contributed by atoms with E-state index in [1.54, 1.807) is 6.92 Å². The molecule has 0 fully saturated rings. The summed E-state index contributed by atoms with van der Waals surface area (Å²) in [4.78, 5) is 23.4. The molecule has 10 heteroatoms. The second kappa shape index (κ2) is 7.18. The van der Waals surface area contributed by atoms with Crippen molar-refractivity contribution in [1.29, 1.82) is 0 Å². The first kappa shape index (κ1) is 16.9. The number of anilines is 3. The van der Waals surface area contributed by atoms with Crippen molar-refractivity contribution < 1.29 is 13.6 Å². The van der Waals surface area contributed by atoms with Gasteiger partial charge in [0.25, 0.3) is 0 Å². The molecule has 1 amide bonds. The molecule has 0 saturated heterocycles. The molecule has 0 saturated carbocycles. The van der Waals surface area contributed by atoms with Crippen molar-refractivity contribution in [2.24, 2.45) is 0 Å². The fourth-order valence-electron chi connectivity index (χ4n) is 1.62. The molecule has 122 valence electrons. The number of halogens is 2. The van der Waals surface area contributed by atoms with E-state index in [9.17, 15) is 13.6 Å². The summed E-state index contributed by atoms with van der Waals surface area (Å²) in [5.41, 5.74) is 10.8. The monoisotopic (exact) mass is 340 g/mol. The molecular formula is C13H14F2N6OS. The number of carbonyl (C=O) groups is 1. The maximum absolute atomic E-state index is 13.5. The van der Waals surface area contributed by atoms with Crippen LogP contribution in [0, 0.1) is 11.6 Å². The average molecular weight is 340 g/mol. The van der Waals surface area contributed by atoms with E-state index in [1.807, 2.05) is 0 Å². The molecule has 0 bridgehead atoms. The summed E-state index contributed by atoms with van der Waals surface area (Å²) in [7, 11) is 0. The van der Waals surface area contributed by atoms with E-state index in [0.29, 0.717) is 11.9 Å². The number of carbonyl (C=O) groups excluding carboxylic acids is 1. The molecule has 2 aromatic rings. The minimum absolute atomic E-state index is 0.00131. The van der Waals surface area contributed by atoms with Crippen LogP contribution in [-0.2, 0) is 10.5 Å². The smallest absolute Gasteiger partial charge is 0.237 e. The van der Waals surface area contributed by atoms with Gasteiger partial charge in [0.1, 0.15) is 17.5 Å². The predicted molar refractivity (Wildman–Crippen MR) is 84.4 cm³/mol. The molecule has 1 unspecified atom stereocenters. The van der Waals surface area contributed by atoms with Crippen molar-refractivity contribution >= 4 is 35.3 Å². The lowest BCUT2D eigenvalue weighted by molar-refractivity contribution is -0.115. The number of benzene rings is 1. The summed E-state index contributed by atoms with van der Waals surface area (Å²) in [6.45, 7) is 1.63. The summed E-state index contributed by atoms with van der Waals surface area (Å²) in [5, 5.41) is 1.86. The summed E-state index contributed by atoms with van der Waals surface area (Å²) < 4.78 is 26.3. The molecule has 1 heterocycles. The van der Waals surface area contributed by atoms with Crippen LogP contribution in [0.1, 0.15) is 12.7 Å². The van der Waals surface area contributed by atoms with Crippen molar-refractivity contribution in [1.82, 2.24) is 15.0 Å². The van der Waals surface area contributed by atoms with E-state index < -0.39 is 22.8 Å². The van der Waals surface area contributed by atoms with Crippen LogP contribution in [0.25, 0.3) is 0 Å². The van der Waals surface area contributed by atoms with Gasteiger partial charge in [-0.3, -0.25) is 4.79 Å². The topological polar surface area (TPSA) is 120 Å². The molecule has 0 radical (unpaired) electrons. The van der Waals surface area contributed by atoms with Gasteiger partial charge in [-0.15, -0.1) is 11.8 Å². The van der Waals surface area contributed by atoms with Gasteiger partial charge in [0.05, 0.1) is 16.7 Å². The molecule has 23 heavy (non-hydrogen) atoms. The number of amides is 1. The number of nitrogens with two attached hydrogens (primary N) is 2. The van der Waals surface area contributed by atoms with Gasteiger partial charge in [0, 0.05) is 6.07 Å². The highest BCUT2D eigenvalue weighted by Gasteiger charge is 2.16. The zero-order chi connectivity index (χ0) is 17.0. The first-order valence-electron chi connectivity index (χ1n) is 6.48. The molecule has 7 nitrogen and oxygen atoms in total. The van der Waals surface area contributed by atoms with Crippen LogP contribution in [0.4, 0.5) is 26.4 Å². The first-order chi connectivity index (χ1) is 10.8. The Hall–Kier alpha value is -2.49. The molecular weight excluding hydrogens is 326 g/mol. The van der Waals surface area contributed by atoms with Gasteiger partial charge < -0.3 is 16.8 Å². The minimum atomic E-state index is -0.839. The predicted octanol–water partition coefficient (Wildman–Crippen LogP) is 1.57. The number of hydrogen-bond acceptors (Lipinski definition) is 7. The van der Waals surface area contributed by atoms with Crippen LogP contribution in [0.15, 0.2) is 18.2 Å². The standard InChI is InChI=1S/C13H14F2N6OS/c1-6(23-5-10-19-12(16)21-13(17)20-10)11(22)18-9-3-2-7(14)4-8(9)15/h2-4,6H,5H2,1H3,(H,18,22)(H4,16,17,19,20,21). The highest BCUT2D eigenvalue weighted by Crippen LogP contribution is 2.20. The Kier molecular flexibility index (Phi) is 5.27. The van der Waals surface area contributed by atoms with Gasteiger partial charge >= 0.3 is 0 Å². The summed E-state index contributed by atoms with van der Waals surface area (Å²) in [6.07, 6.45) is 0. The Morgan fingerprint density at radius 2 is 1.91 bits per heavy atom. The first-order valence-corrected chi connectivity index (χ1v) is 7.53. The number of thioether (sulfide) groups is 1. The van der Waals surface area contributed by atoms with Crippen molar-refractivity contribution in [3.8, 4) is 0 Å². The molecule has 0 aliphatic heterocycles. The molecule has 0 aliphatic rings. The summed E-state index contributed by atoms with van der Waals surface area (Å²) in [5.74, 6) is -1.38. The van der Waals surface area contributed by atoms with E-state index in [0.717, 1.165) is 12.1 Å². The van der Waals surface area contributed by atoms with Crippen LogP contribution in [-0.4, -0.2) is 26.1 Å². The fourth-order valence-corrected chi connectivity index (χ4v) is 2.36. The zero-order valence-corrected chi connectivity index (χ0v) is 12.9. The lowest BCUT2D eigenvalue weighted by Crippen LogP contribution is -2.23. The third kappa shape index (κ3) is 4.74. The van der Waals surface area contributed by atoms with Crippen LogP contribution < -0.4 is 16.8 Å². The fraction of sp³-hybridized carbons (Fsp3) is 0.231. The van der Waals surface area contributed by atoms with Gasteiger partial charge in [-0.2, -0.15) is 15.0 Å². The van der Waals surface area contributed by atoms with Crippen molar-refractivity contribution in [3.63, 3.8) is 0 Å². The summed E-state index contributed by atoms with van der Waals surface area (Å²) >= 11 is 1.21. The number of aromatic nitrogens is 3. The zero-order valence-electron chi connectivity index (χ0n) is 12.1. The Labute approximate surface area is 134 Å². The number of nitrogen functional groups attached to an aromatic ring is 2. The molecule has 0 aliphatic carbocycles. The number of nitrogens with one attached hydrogen (secondary N) is 1. The van der Waals surface area contributed by atoms with Crippen LogP contribution >= 0.6 is 11.8 Å². The molecule has 5 N–H and O–H groups in total. The van der Waals surface area contributed by atoms with Crippen LogP contribution in [0.3, 0.4) is 0 Å². The Morgan fingerprint density at radius 1 is 1.26 bits per heavy atom. The Morgan fingerprint density at radius 3 is 2.52 bits per heavy atom. The second-order valence-electron chi connectivity index (χ2n) is 4.53. The van der Waals surface area contributed by atoms with Gasteiger partial charge in [0.2, 0.25) is 17.8 Å². The average Bonchev–Trinajstić information content (AvgIpc) is 2.46. The third-order valence-electron chi connectivity index (χ3n) is 2.74. The van der Waals surface area contributed by atoms with Gasteiger partial charge in [-0.1, -0.05) is 0 Å². The van der Waals surface area contributed by atoms with Gasteiger partial charge in [-0.05, 0) is 19.1 Å². The lowest BCUT2D eigenvalue weighted by Gasteiger charge is -2.12. The van der Waals surface area contributed by atoms with Gasteiger partial charge in [0.15, 0.2) is 0 Å². The van der Waals surface area contributed by atoms with Crippen molar-refractivity contribution in [3.05, 3.63) is 35.7 Å². The SMILES string of the molecule is CC(SCc1nc(N)nc(N)n1)C(=O)Nc1ccc(F)cc1F. The molecule has 2 rings (SSSR count). The number of hydrogen-bond donors (Lipinski definition) is 3. The number of rotatable bonds is 5. The Bertz CT molecular complexity index is 709. The van der Waals surface area contributed by atoms with E-state index in [4.69, 9.17) is 11.5 Å². The van der Waals surface area contributed by atoms with E-state index in [-0.39, 0.29) is 23.3 Å². The quantitative estimate of drug-likeness (QED) is 0.755. The van der Waals surface area contributed by atoms with Crippen molar-refractivity contribution in [2.75, 3.05) is 16.8 Å². The van der Waals surface area contributed by atoms with E-state index in [1.165, 1.54) is 11.8 Å². The third-order valence-corrected chi connectivity index (χ3v) is 3.88. The molecule has 1 aromatic heterocycles. The largest absolute Gasteiger partial charge is 0.368 e. The highest BCUT2D eigenvalue weighted by molar-refractivity contribution is 7.99. The molecule has 1 aromatic carbocycles. The molecule has 0 spiro atoms. The normalized spacial score (nSPS) is 12.0. The maximum Gasteiger partial charge on any atom is 0.237 e. The minimum Gasteiger partial charge on any atom is -0.368 e. The highest BCUT2D eigenvalue weighted by atomic mass is 32.2. The van der Waals surface area contributed by atoms with Crippen LogP contribution in [0.5, 0.6) is 0 Å². The second-order valence-corrected chi connectivity index (χ2v) is 5.86. The molecule has 1 atom stereocenters. The summed E-state index contributed by atoms with van der Waals surface area (Å²) in [6, 6.07) is 2.92. The lowest BCUT2D eigenvalue weighted by atomic mass is 10.3. The Balaban J connectivity index is 1.94. The van der Waals surface area contributed by atoms with E-state index >= 15 is 0 Å².